The van der Waals surface area contributed by atoms with Gasteiger partial charge in [0.25, 0.3) is 0 Å². The van der Waals surface area contributed by atoms with Crippen molar-refractivity contribution in [3.05, 3.63) is 36.7 Å². The van der Waals surface area contributed by atoms with Crippen molar-refractivity contribution in [2.45, 2.75) is 25.8 Å². The van der Waals surface area contributed by atoms with Crippen LogP contribution in [0.15, 0.2) is 36.7 Å². The summed E-state index contributed by atoms with van der Waals surface area (Å²) in [5.74, 6) is 1.10. The standard InChI is InChI=1S/C17H22N4O.ClH/c1-12-10-14(6-7-18-12)17(22)20-15-5-3-4-13(11-15)16-19-8-9-21(16)2;/h3-5,8-9,11-12,14,18H,6-7,10H2,1-2H3,(H,20,22);1H/t12-,14-;/m0./s1. The zero-order valence-corrected chi connectivity index (χ0v) is 14.3. The van der Waals surface area contributed by atoms with Crippen molar-refractivity contribution in [3.63, 3.8) is 0 Å². The molecule has 0 aliphatic carbocycles. The molecular weight excluding hydrogens is 312 g/mol. The lowest BCUT2D eigenvalue weighted by atomic mass is 9.92. The largest absolute Gasteiger partial charge is 0.334 e. The molecule has 1 saturated heterocycles. The first-order valence-electron chi connectivity index (χ1n) is 7.75. The third-order valence-corrected chi connectivity index (χ3v) is 4.20. The van der Waals surface area contributed by atoms with E-state index < -0.39 is 0 Å². The number of anilines is 1. The van der Waals surface area contributed by atoms with E-state index in [4.69, 9.17) is 0 Å². The van der Waals surface area contributed by atoms with Gasteiger partial charge >= 0.3 is 0 Å². The van der Waals surface area contributed by atoms with Gasteiger partial charge in [0.1, 0.15) is 5.82 Å². The summed E-state index contributed by atoms with van der Waals surface area (Å²) in [6, 6.07) is 8.26. The molecule has 2 N–H and O–H groups in total. The second-order valence-electron chi connectivity index (χ2n) is 6.01. The average molecular weight is 335 g/mol. The second-order valence-corrected chi connectivity index (χ2v) is 6.01. The summed E-state index contributed by atoms with van der Waals surface area (Å²) in [6.45, 7) is 3.04. The van der Waals surface area contributed by atoms with Gasteiger partial charge < -0.3 is 15.2 Å². The first-order valence-corrected chi connectivity index (χ1v) is 7.75. The number of hydrogen-bond donors (Lipinski definition) is 2. The molecule has 3 rings (SSSR count). The van der Waals surface area contributed by atoms with Gasteiger partial charge in [-0.2, -0.15) is 0 Å². The van der Waals surface area contributed by atoms with Crippen molar-refractivity contribution in [1.82, 2.24) is 14.9 Å². The van der Waals surface area contributed by atoms with Gasteiger partial charge in [0.05, 0.1) is 0 Å². The van der Waals surface area contributed by atoms with Gasteiger partial charge in [-0.3, -0.25) is 4.79 Å². The molecule has 6 heteroatoms. The fourth-order valence-corrected chi connectivity index (χ4v) is 2.99. The van der Waals surface area contributed by atoms with Gasteiger partial charge in [0.15, 0.2) is 0 Å². The molecule has 0 spiro atoms. The van der Waals surface area contributed by atoms with E-state index in [9.17, 15) is 4.79 Å². The average Bonchev–Trinajstić information content (AvgIpc) is 2.94. The number of piperidine rings is 1. The summed E-state index contributed by atoms with van der Waals surface area (Å²) in [5.41, 5.74) is 1.83. The van der Waals surface area contributed by atoms with E-state index in [1.54, 1.807) is 6.20 Å². The number of carbonyl (C=O) groups excluding carboxylic acids is 1. The maximum absolute atomic E-state index is 12.4. The lowest BCUT2D eigenvalue weighted by Gasteiger charge is -2.27. The summed E-state index contributed by atoms with van der Waals surface area (Å²) >= 11 is 0. The fourth-order valence-electron chi connectivity index (χ4n) is 2.99. The molecule has 1 fully saturated rings. The van der Waals surface area contributed by atoms with Crippen LogP contribution in [0.4, 0.5) is 5.69 Å². The van der Waals surface area contributed by atoms with Gasteiger partial charge in [-0.25, -0.2) is 4.98 Å². The molecule has 1 aromatic heterocycles. The number of nitrogens with one attached hydrogen (secondary N) is 2. The van der Waals surface area contributed by atoms with Crippen molar-refractivity contribution >= 4 is 24.0 Å². The predicted octanol–water partition coefficient (Wildman–Crippen LogP) is 2.84. The number of aromatic nitrogens is 2. The zero-order valence-electron chi connectivity index (χ0n) is 13.5. The van der Waals surface area contributed by atoms with E-state index in [1.165, 1.54) is 0 Å². The number of nitrogens with zero attached hydrogens (tertiary/aromatic N) is 2. The minimum atomic E-state index is 0. The Morgan fingerprint density at radius 3 is 2.96 bits per heavy atom. The van der Waals surface area contributed by atoms with Crippen LogP contribution >= 0.6 is 12.4 Å². The maximum Gasteiger partial charge on any atom is 0.227 e. The number of halogens is 1. The Kier molecular flexibility index (Phi) is 5.80. The van der Waals surface area contributed by atoms with E-state index in [-0.39, 0.29) is 24.2 Å². The SMILES string of the molecule is C[C@H]1C[C@@H](C(=O)Nc2cccc(-c3nccn3C)c2)CCN1.Cl. The van der Waals surface area contributed by atoms with Crippen LogP contribution in [0.25, 0.3) is 11.4 Å². The van der Waals surface area contributed by atoms with E-state index in [2.05, 4.69) is 22.5 Å². The van der Waals surface area contributed by atoms with Crippen molar-refractivity contribution in [2.24, 2.45) is 13.0 Å². The maximum atomic E-state index is 12.4. The van der Waals surface area contributed by atoms with E-state index in [1.807, 2.05) is 42.1 Å². The number of aryl methyl sites for hydroxylation is 1. The topological polar surface area (TPSA) is 59.0 Å². The molecule has 2 atom stereocenters. The monoisotopic (exact) mass is 334 g/mol. The minimum absolute atomic E-state index is 0. The summed E-state index contributed by atoms with van der Waals surface area (Å²) in [4.78, 5) is 16.8. The quantitative estimate of drug-likeness (QED) is 0.907. The fraction of sp³-hybridized carbons (Fsp3) is 0.412. The van der Waals surface area contributed by atoms with Crippen LogP contribution in [0.1, 0.15) is 19.8 Å². The second kappa shape index (κ2) is 7.62. The van der Waals surface area contributed by atoms with E-state index in [0.717, 1.165) is 36.5 Å². The molecule has 0 saturated carbocycles. The Hall–Kier alpha value is -1.85. The van der Waals surface area contributed by atoms with Crippen molar-refractivity contribution in [2.75, 3.05) is 11.9 Å². The molecular formula is C17H23ClN4O. The number of carbonyl (C=O) groups is 1. The van der Waals surface area contributed by atoms with Gasteiger partial charge in [-0.15, -0.1) is 12.4 Å². The van der Waals surface area contributed by atoms with E-state index >= 15 is 0 Å². The highest BCUT2D eigenvalue weighted by atomic mass is 35.5. The normalized spacial score (nSPS) is 20.6. The molecule has 2 aromatic rings. The molecule has 0 bridgehead atoms. The predicted molar refractivity (Wildman–Crippen MR) is 94.7 cm³/mol. The number of imidazole rings is 1. The van der Waals surface area contributed by atoms with Crippen molar-refractivity contribution < 1.29 is 4.79 Å². The van der Waals surface area contributed by atoms with Gasteiger partial charge in [-0.05, 0) is 38.4 Å². The Morgan fingerprint density at radius 2 is 2.26 bits per heavy atom. The number of rotatable bonds is 3. The molecule has 0 radical (unpaired) electrons. The highest BCUT2D eigenvalue weighted by Crippen LogP contribution is 2.23. The first kappa shape index (κ1) is 17.5. The lowest BCUT2D eigenvalue weighted by molar-refractivity contribution is -0.120. The third kappa shape index (κ3) is 4.12. The minimum Gasteiger partial charge on any atom is -0.334 e. The molecule has 1 amide bonds. The molecule has 5 nitrogen and oxygen atoms in total. The van der Waals surface area contributed by atoms with Crippen LogP contribution in [0, 0.1) is 5.92 Å². The van der Waals surface area contributed by atoms with Gasteiger partial charge in [0.2, 0.25) is 5.91 Å². The van der Waals surface area contributed by atoms with Crippen LogP contribution < -0.4 is 10.6 Å². The van der Waals surface area contributed by atoms with E-state index in [0.29, 0.717) is 6.04 Å². The smallest absolute Gasteiger partial charge is 0.227 e. The van der Waals surface area contributed by atoms with Crippen LogP contribution in [-0.4, -0.2) is 28.0 Å². The van der Waals surface area contributed by atoms with Crippen LogP contribution in [-0.2, 0) is 11.8 Å². The lowest BCUT2D eigenvalue weighted by Crippen LogP contribution is -2.40. The summed E-state index contributed by atoms with van der Waals surface area (Å²) in [6.07, 6.45) is 5.48. The highest BCUT2D eigenvalue weighted by Gasteiger charge is 2.24. The molecule has 0 unspecified atom stereocenters. The van der Waals surface area contributed by atoms with Crippen LogP contribution in [0.3, 0.4) is 0 Å². The Labute approximate surface area is 142 Å². The summed E-state index contributed by atoms with van der Waals surface area (Å²) < 4.78 is 1.97. The Morgan fingerprint density at radius 1 is 1.43 bits per heavy atom. The van der Waals surface area contributed by atoms with Crippen molar-refractivity contribution in [1.29, 1.82) is 0 Å². The van der Waals surface area contributed by atoms with Crippen molar-refractivity contribution in [3.8, 4) is 11.4 Å². The summed E-state index contributed by atoms with van der Waals surface area (Å²) in [7, 11) is 1.96. The number of amides is 1. The summed E-state index contributed by atoms with van der Waals surface area (Å²) in [5, 5.41) is 6.42. The molecule has 124 valence electrons. The number of benzene rings is 1. The number of hydrogen-bond acceptors (Lipinski definition) is 3. The molecule has 1 aromatic carbocycles. The molecule has 1 aliphatic rings. The Bertz CT molecular complexity index is 670. The first-order chi connectivity index (χ1) is 10.6. The van der Waals surface area contributed by atoms with Gasteiger partial charge in [-0.1, -0.05) is 12.1 Å². The van der Waals surface area contributed by atoms with Crippen LogP contribution in [0.5, 0.6) is 0 Å². The third-order valence-electron chi connectivity index (χ3n) is 4.20. The molecule has 2 heterocycles. The highest BCUT2D eigenvalue weighted by molar-refractivity contribution is 5.93. The Balaban J connectivity index is 0.00000192. The molecule has 23 heavy (non-hydrogen) atoms. The zero-order chi connectivity index (χ0) is 15.5. The van der Waals surface area contributed by atoms with Gasteiger partial charge in [0, 0.05) is 42.7 Å². The molecule has 1 aliphatic heterocycles. The van der Waals surface area contributed by atoms with Crippen LogP contribution in [0.2, 0.25) is 0 Å².